The van der Waals surface area contributed by atoms with Crippen molar-refractivity contribution in [2.45, 2.75) is 107 Å². The maximum absolute atomic E-state index is 14.6. The quantitative estimate of drug-likeness (QED) is 0.312. The van der Waals surface area contributed by atoms with E-state index < -0.39 is 17.2 Å². The monoisotopic (exact) mass is 673 g/mol. The number of thiophene rings is 1. The van der Waals surface area contributed by atoms with E-state index in [9.17, 15) is 14.8 Å². The van der Waals surface area contributed by atoms with E-state index in [4.69, 9.17) is 35.2 Å². The minimum atomic E-state index is -0.899. The second-order valence-corrected chi connectivity index (χ2v) is 16.0. The standard InChI is InChI=1S/C34H40FN9O3S/c1-17(22-12-18(35)14-42(22)3)44-31-24-30(43-16-33(2,45)11-8-19(43)15-46-32(24)40-44)38-29(39-31)26-20-6-4-9-34(27(20)47-41-26)10-5-7-23-25(34)21(13-36)28(37)48-23/h17-19,22,45H,4-12,14-16,37H2,1-3H3. The Kier molecular flexibility index (Phi) is 6.68. The Morgan fingerprint density at radius 3 is 2.79 bits per heavy atom. The summed E-state index contributed by atoms with van der Waals surface area (Å²) in [6, 6.07) is 2.13. The number of aromatic nitrogens is 5. The topological polar surface area (TPSA) is 155 Å². The molecule has 9 rings (SSSR count). The molecule has 4 aromatic heterocycles. The van der Waals surface area contributed by atoms with Gasteiger partial charge in [0, 0.05) is 29.6 Å². The van der Waals surface area contributed by atoms with Crippen LogP contribution in [0.25, 0.3) is 22.6 Å². The van der Waals surface area contributed by atoms with E-state index >= 15 is 0 Å². The largest absolute Gasteiger partial charge is 0.474 e. The van der Waals surface area contributed by atoms with Crippen molar-refractivity contribution in [3.63, 3.8) is 0 Å². The number of rotatable bonds is 3. The van der Waals surface area contributed by atoms with Crippen LogP contribution in [-0.2, 0) is 18.3 Å². The molecule has 2 saturated heterocycles. The Balaban J connectivity index is 1.24. The fraction of sp³-hybridized carbons (Fsp3) is 0.618. The zero-order chi connectivity index (χ0) is 33.1. The van der Waals surface area contributed by atoms with Gasteiger partial charge in [0.05, 0.1) is 28.7 Å². The van der Waals surface area contributed by atoms with Crippen molar-refractivity contribution in [3.8, 4) is 23.5 Å². The number of ether oxygens (including phenoxy) is 1. The number of nitrogens with zero attached hydrogens (tertiary/aromatic N) is 8. The number of anilines is 2. The van der Waals surface area contributed by atoms with E-state index in [-0.39, 0.29) is 18.1 Å². The molecule has 2 aliphatic carbocycles. The van der Waals surface area contributed by atoms with E-state index in [2.05, 4.69) is 22.8 Å². The maximum atomic E-state index is 14.6. The predicted octanol–water partition coefficient (Wildman–Crippen LogP) is 4.67. The molecule has 5 aliphatic rings. The van der Waals surface area contributed by atoms with Crippen LogP contribution < -0.4 is 15.4 Å². The summed E-state index contributed by atoms with van der Waals surface area (Å²) in [6.07, 6.45) is 6.16. The third-order valence-corrected chi connectivity index (χ3v) is 12.8. The molecule has 3 aliphatic heterocycles. The van der Waals surface area contributed by atoms with Gasteiger partial charge in [-0.25, -0.2) is 19.0 Å². The van der Waals surface area contributed by atoms with Crippen molar-refractivity contribution in [1.82, 2.24) is 29.8 Å². The number of hydrogen-bond donors (Lipinski definition) is 2. The normalized spacial score (nSPS) is 30.4. The predicted molar refractivity (Wildman–Crippen MR) is 178 cm³/mol. The minimum absolute atomic E-state index is 0.00751. The zero-order valence-electron chi connectivity index (χ0n) is 27.5. The van der Waals surface area contributed by atoms with Gasteiger partial charge in [-0.2, -0.15) is 5.26 Å². The van der Waals surface area contributed by atoms with Crippen LogP contribution in [0.1, 0.15) is 92.2 Å². The number of nitriles is 1. The molecule has 0 saturated carbocycles. The molecule has 48 heavy (non-hydrogen) atoms. The van der Waals surface area contributed by atoms with Gasteiger partial charge in [-0.3, -0.25) is 4.90 Å². The van der Waals surface area contributed by atoms with Crippen LogP contribution in [0, 0.1) is 11.3 Å². The van der Waals surface area contributed by atoms with Gasteiger partial charge in [-0.15, -0.1) is 16.4 Å². The van der Waals surface area contributed by atoms with Gasteiger partial charge in [-0.1, -0.05) is 5.16 Å². The summed E-state index contributed by atoms with van der Waals surface area (Å²) in [5.41, 5.74) is 8.75. The highest BCUT2D eigenvalue weighted by atomic mass is 32.1. The van der Waals surface area contributed by atoms with Crippen LogP contribution in [0.15, 0.2) is 4.52 Å². The number of likely N-dealkylation sites (N-methyl/N-ethyl adjacent to an activating group) is 1. The Bertz CT molecular complexity index is 1990. The SMILES string of the molecule is CC(C1CC(F)CN1C)n1nc2c3c(nc(-c4noc5c4CCCC54CCCc5sc(N)c(C#N)c54)nc31)N1CC(C)(O)CCC1CO2. The fourth-order valence-corrected chi connectivity index (χ4v) is 10.6. The van der Waals surface area contributed by atoms with Crippen LogP contribution in [0.4, 0.5) is 15.2 Å². The molecular formula is C34H40FN9O3S. The Hall–Kier alpha value is -3.80. The Morgan fingerprint density at radius 2 is 2.02 bits per heavy atom. The number of fused-ring (bicyclic) bond motifs is 6. The van der Waals surface area contributed by atoms with Crippen LogP contribution >= 0.6 is 11.3 Å². The molecule has 12 nitrogen and oxygen atoms in total. The summed E-state index contributed by atoms with van der Waals surface area (Å²) in [7, 11) is 1.95. The molecule has 6 atom stereocenters. The highest BCUT2D eigenvalue weighted by Crippen LogP contribution is 2.55. The van der Waals surface area contributed by atoms with Crippen molar-refractivity contribution in [2.75, 3.05) is 37.4 Å². The molecule has 14 heteroatoms. The Morgan fingerprint density at radius 1 is 1.21 bits per heavy atom. The first-order valence-corrected chi connectivity index (χ1v) is 18.0. The van der Waals surface area contributed by atoms with Gasteiger partial charge in [0.25, 0.3) is 0 Å². The summed E-state index contributed by atoms with van der Waals surface area (Å²) in [5.74, 6) is 2.34. The molecule has 6 unspecified atom stereocenters. The van der Waals surface area contributed by atoms with Gasteiger partial charge in [0.1, 0.15) is 35.1 Å². The first kappa shape index (κ1) is 30.3. The van der Waals surface area contributed by atoms with Crippen molar-refractivity contribution in [3.05, 3.63) is 27.3 Å². The highest BCUT2D eigenvalue weighted by Gasteiger charge is 2.49. The number of halogens is 1. The van der Waals surface area contributed by atoms with E-state index in [1.165, 1.54) is 16.2 Å². The number of alkyl halides is 1. The van der Waals surface area contributed by atoms with Gasteiger partial charge in [0.15, 0.2) is 22.9 Å². The lowest BCUT2D eigenvalue weighted by Gasteiger charge is -2.42. The van der Waals surface area contributed by atoms with Gasteiger partial charge in [0.2, 0.25) is 5.88 Å². The number of aliphatic hydroxyl groups is 1. The van der Waals surface area contributed by atoms with Gasteiger partial charge in [-0.05, 0) is 84.2 Å². The smallest absolute Gasteiger partial charge is 0.246 e. The molecule has 1 spiro atoms. The molecule has 4 aromatic rings. The summed E-state index contributed by atoms with van der Waals surface area (Å²) in [6.45, 7) is 5.10. The Labute approximate surface area is 281 Å². The fourth-order valence-electron chi connectivity index (χ4n) is 9.40. The first-order chi connectivity index (χ1) is 23.1. The highest BCUT2D eigenvalue weighted by molar-refractivity contribution is 7.16. The summed E-state index contributed by atoms with van der Waals surface area (Å²) < 4.78 is 29.1. The molecular weight excluding hydrogens is 633 g/mol. The lowest BCUT2D eigenvalue weighted by atomic mass is 9.63. The van der Waals surface area contributed by atoms with Crippen molar-refractivity contribution in [1.29, 1.82) is 5.26 Å². The molecule has 0 bridgehead atoms. The van der Waals surface area contributed by atoms with E-state index in [0.717, 1.165) is 61.8 Å². The third kappa shape index (κ3) is 4.29. The number of piperidine rings is 1. The summed E-state index contributed by atoms with van der Waals surface area (Å²) >= 11 is 1.52. The molecule has 0 amide bonds. The van der Waals surface area contributed by atoms with Crippen LogP contribution in [-0.4, -0.2) is 85.5 Å². The zero-order valence-corrected chi connectivity index (χ0v) is 28.3. The van der Waals surface area contributed by atoms with Crippen molar-refractivity contribution < 1.29 is 18.8 Å². The molecule has 0 aromatic carbocycles. The van der Waals surface area contributed by atoms with Crippen molar-refractivity contribution >= 4 is 33.2 Å². The lowest BCUT2D eigenvalue weighted by molar-refractivity contribution is 0.0321. The number of nitrogen functional groups attached to an aromatic ring is 1. The van der Waals surface area contributed by atoms with Crippen LogP contribution in [0.2, 0.25) is 0 Å². The van der Waals surface area contributed by atoms with E-state index in [1.807, 2.05) is 18.7 Å². The molecule has 7 heterocycles. The molecule has 2 fully saturated rings. The number of nitrogens with two attached hydrogens (primary N) is 1. The molecule has 252 valence electrons. The average molecular weight is 674 g/mol. The minimum Gasteiger partial charge on any atom is -0.474 e. The second-order valence-electron chi connectivity index (χ2n) is 14.9. The first-order valence-electron chi connectivity index (χ1n) is 17.2. The number of aryl methyl sites for hydroxylation is 1. The van der Waals surface area contributed by atoms with Crippen LogP contribution in [0.5, 0.6) is 5.88 Å². The van der Waals surface area contributed by atoms with Crippen molar-refractivity contribution in [2.24, 2.45) is 0 Å². The molecule has 3 N–H and O–H groups in total. The number of hydrogen-bond acceptors (Lipinski definition) is 12. The summed E-state index contributed by atoms with van der Waals surface area (Å²) in [5, 5.41) is 32.3. The van der Waals surface area contributed by atoms with Gasteiger partial charge >= 0.3 is 0 Å². The second kappa shape index (κ2) is 10.6. The van der Waals surface area contributed by atoms with Gasteiger partial charge < -0.3 is 25.0 Å². The molecule has 0 radical (unpaired) electrons. The lowest BCUT2D eigenvalue weighted by Crippen LogP contribution is -2.53. The van der Waals surface area contributed by atoms with Crippen LogP contribution in [0.3, 0.4) is 0 Å². The maximum Gasteiger partial charge on any atom is 0.246 e. The number of likely N-dealkylation sites (tertiary alicyclic amines) is 1. The third-order valence-electron chi connectivity index (χ3n) is 11.7. The summed E-state index contributed by atoms with van der Waals surface area (Å²) in [4.78, 5) is 15.8. The van der Waals surface area contributed by atoms with E-state index in [1.54, 1.807) is 0 Å². The average Bonchev–Trinajstić information content (AvgIpc) is 3.80. The van der Waals surface area contributed by atoms with E-state index in [0.29, 0.717) is 77.4 Å².